The number of carbonyl (C=O) groups excluding carboxylic acids is 3. The van der Waals surface area contributed by atoms with Crippen molar-refractivity contribution in [3.8, 4) is 0 Å². The van der Waals surface area contributed by atoms with Crippen molar-refractivity contribution in [1.29, 1.82) is 0 Å². The van der Waals surface area contributed by atoms with E-state index in [0.29, 0.717) is 11.3 Å². The molecule has 182 valence electrons. The van der Waals surface area contributed by atoms with Crippen LogP contribution in [0.4, 0.5) is 5.69 Å². The van der Waals surface area contributed by atoms with E-state index in [1.165, 1.54) is 17.2 Å². The molecule has 3 amide bonds. The molecule has 3 aromatic rings. The van der Waals surface area contributed by atoms with Crippen LogP contribution in [0.3, 0.4) is 0 Å². The SMILES string of the molecule is Cc1cccc(N(C(=O)CNC(=O)c2ccco2)[C@H](C(=O)NC2CCCC2)c2ccccc2)c1C. The molecule has 0 radical (unpaired) electrons. The van der Waals surface area contributed by atoms with E-state index in [1.54, 1.807) is 6.07 Å². The van der Waals surface area contributed by atoms with Crippen LogP contribution in [0.5, 0.6) is 0 Å². The van der Waals surface area contributed by atoms with Crippen LogP contribution in [0.1, 0.15) is 59.0 Å². The summed E-state index contributed by atoms with van der Waals surface area (Å²) in [5.74, 6) is -0.991. The molecule has 7 nitrogen and oxygen atoms in total. The summed E-state index contributed by atoms with van der Waals surface area (Å²) in [6.45, 7) is 3.62. The Morgan fingerprint density at radius 1 is 0.971 bits per heavy atom. The largest absolute Gasteiger partial charge is 0.459 e. The molecule has 1 saturated carbocycles. The Balaban J connectivity index is 1.70. The molecule has 1 atom stereocenters. The number of aryl methyl sites for hydroxylation is 1. The minimum absolute atomic E-state index is 0.0999. The standard InChI is InChI=1S/C28H31N3O4/c1-19-10-8-15-23(20(19)2)31(25(32)18-29-27(33)24-16-9-17-35-24)26(21-11-4-3-5-12-21)28(34)30-22-13-6-7-14-22/h3-5,8-12,15-17,22,26H,6-7,13-14,18H2,1-2H3,(H,29,33)(H,30,34)/t26-/m0/s1. The average molecular weight is 474 g/mol. The van der Waals surface area contributed by atoms with Crippen LogP contribution >= 0.6 is 0 Å². The van der Waals surface area contributed by atoms with Crippen molar-refractivity contribution in [1.82, 2.24) is 10.6 Å². The van der Waals surface area contributed by atoms with Gasteiger partial charge in [-0.1, -0.05) is 55.3 Å². The maximum atomic E-state index is 13.7. The van der Waals surface area contributed by atoms with Crippen molar-refractivity contribution in [3.63, 3.8) is 0 Å². The van der Waals surface area contributed by atoms with Crippen molar-refractivity contribution < 1.29 is 18.8 Å². The Morgan fingerprint density at radius 2 is 1.71 bits per heavy atom. The molecule has 1 aliphatic rings. The highest BCUT2D eigenvalue weighted by molar-refractivity contribution is 6.04. The molecular weight excluding hydrogens is 442 g/mol. The minimum atomic E-state index is -0.884. The van der Waals surface area contributed by atoms with Gasteiger partial charge in [0, 0.05) is 11.7 Å². The number of benzene rings is 2. The predicted molar refractivity (Wildman–Crippen MR) is 134 cm³/mol. The van der Waals surface area contributed by atoms with Gasteiger partial charge in [-0.2, -0.15) is 0 Å². The highest BCUT2D eigenvalue weighted by Crippen LogP contribution is 2.32. The quantitative estimate of drug-likeness (QED) is 0.505. The third-order valence-corrected chi connectivity index (χ3v) is 6.57. The second-order valence-corrected chi connectivity index (χ2v) is 8.95. The molecule has 1 aromatic heterocycles. The monoisotopic (exact) mass is 473 g/mol. The first-order chi connectivity index (χ1) is 17.0. The second-order valence-electron chi connectivity index (χ2n) is 8.95. The summed E-state index contributed by atoms with van der Waals surface area (Å²) in [6.07, 6.45) is 5.43. The van der Waals surface area contributed by atoms with E-state index >= 15 is 0 Å². The van der Waals surface area contributed by atoms with E-state index in [4.69, 9.17) is 4.42 Å². The molecule has 1 fully saturated rings. The smallest absolute Gasteiger partial charge is 0.287 e. The van der Waals surface area contributed by atoms with Crippen LogP contribution in [0.25, 0.3) is 0 Å². The van der Waals surface area contributed by atoms with E-state index in [1.807, 2.05) is 62.4 Å². The van der Waals surface area contributed by atoms with E-state index in [-0.39, 0.29) is 24.3 Å². The van der Waals surface area contributed by atoms with Gasteiger partial charge in [0.1, 0.15) is 6.04 Å². The van der Waals surface area contributed by atoms with Gasteiger partial charge in [-0.15, -0.1) is 0 Å². The van der Waals surface area contributed by atoms with Crippen LogP contribution in [0.2, 0.25) is 0 Å². The second kappa shape index (κ2) is 11.0. The molecule has 0 aliphatic heterocycles. The highest BCUT2D eigenvalue weighted by atomic mass is 16.3. The van der Waals surface area contributed by atoms with Gasteiger partial charge in [-0.25, -0.2) is 0 Å². The van der Waals surface area contributed by atoms with Crippen molar-refractivity contribution in [3.05, 3.63) is 89.4 Å². The first-order valence-electron chi connectivity index (χ1n) is 12.0. The summed E-state index contributed by atoms with van der Waals surface area (Å²) in [7, 11) is 0. The molecule has 2 aromatic carbocycles. The highest BCUT2D eigenvalue weighted by Gasteiger charge is 2.35. The Labute approximate surface area is 205 Å². The topological polar surface area (TPSA) is 91.7 Å². The van der Waals surface area contributed by atoms with Crippen molar-refractivity contribution in [2.75, 3.05) is 11.4 Å². The molecule has 2 N–H and O–H groups in total. The number of furan rings is 1. The summed E-state index contributed by atoms with van der Waals surface area (Å²) >= 11 is 0. The van der Waals surface area contributed by atoms with Crippen molar-refractivity contribution in [2.24, 2.45) is 0 Å². The zero-order valence-electron chi connectivity index (χ0n) is 20.1. The first kappa shape index (κ1) is 24.3. The van der Waals surface area contributed by atoms with Gasteiger partial charge in [0.05, 0.1) is 12.8 Å². The van der Waals surface area contributed by atoms with Gasteiger partial charge < -0.3 is 15.1 Å². The molecule has 0 spiro atoms. The van der Waals surface area contributed by atoms with E-state index in [2.05, 4.69) is 10.6 Å². The molecule has 35 heavy (non-hydrogen) atoms. The lowest BCUT2D eigenvalue weighted by atomic mass is 10.00. The van der Waals surface area contributed by atoms with Crippen LogP contribution in [0, 0.1) is 13.8 Å². The number of rotatable bonds is 8. The Kier molecular flexibility index (Phi) is 7.65. The Morgan fingerprint density at radius 3 is 2.40 bits per heavy atom. The average Bonchev–Trinajstić information content (AvgIpc) is 3.58. The molecular formula is C28H31N3O4. The number of anilines is 1. The normalized spacial score (nSPS) is 14.3. The third kappa shape index (κ3) is 5.62. The fourth-order valence-corrected chi connectivity index (χ4v) is 4.55. The zero-order valence-corrected chi connectivity index (χ0v) is 20.1. The summed E-state index contributed by atoms with van der Waals surface area (Å²) in [5, 5.41) is 5.80. The predicted octanol–water partition coefficient (Wildman–Crippen LogP) is 4.46. The van der Waals surface area contributed by atoms with Gasteiger partial charge in [0.15, 0.2) is 5.76 Å². The minimum Gasteiger partial charge on any atom is -0.459 e. The molecule has 0 unspecified atom stereocenters. The fraction of sp³-hybridized carbons (Fsp3) is 0.321. The molecule has 0 saturated heterocycles. The molecule has 0 bridgehead atoms. The zero-order chi connectivity index (χ0) is 24.8. The number of hydrogen-bond donors (Lipinski definition) is 2. The first-order valence-corrected chi connectivity index (χ1v) is 12.0. The number of carbonyl (C=O) groups is 3. The van der Waals surface area contributed by atoms with Gasteiger partial charge in [-0.05, 0) is 61.6 Å². The van der Waals surface area contributed by atoms with Gasteiger partial charge in [-0.3, -0.25) is 19.3 Å². The maximum absolute atomic E-state index is 13.7. The lowest BCUT2D eigenvalue weighted by molar-refractivity contribution is -0.126. The molecule has 1 heterocycles. The van der Waals surface area contributed by atoms with Crippen LogP contribution in [0.15, 0.2) is 71.3 Å². The van der Waals surface area contributed by atoms with E-state index < -0.39 is 17.9 Å². The van der Waals surface area contributed by atoms with Gasteiger partial charge in [0.2, 0.25) is 11.8 Å². The van der Waals surface area contributed by atoms with Crippen LogP contribution in [-0.2, 0) is 9.59 Å². The lowest BCUT2D eigenvalue weighted by Crippen LogP contribution is -2.49. The summed E-state index contributed by atoms with van der Waals surface area (Å²) in [4.78, 5) is 41.4. The van der Waals surface area contributed by atoms with Crippen LogP contribution < -0.4 is 15.5 Å². The van der Waals surface area contributed by atoms with E-state index in [0.717, 1.165) is 36.8 Å². The maximum Gasteiger partial charge on any atom is 0.287 e. The van der Waals surface area contributed by atoms with Crippen molar-refractivity contribution in [2.45, 2.75) is 51.6 Å². The van der Waals surface area contributed by atoms with Gasteiger partial charge >= 0.3 is 0 Å². The third-order valence-electron chi connectivity index (χ3n) is 6.57. The number of amides is 3. The lowest BCUT2D eigenvalue weighted by Gasteiger charge is -2.33. The molecule has 7 heteroatoms. The van der Waals surface area contributed by atoms with E-state index in [9.17, 15) is 14.4 Å². The molecule has 1 aliphatic carbocycles. The summed E-state index contributed by atoms with van der Waals surface area (Å²) in [6, 6.07) is 17.3. The Hall–Kier alpha value is -3.87. The number of hydrogen-bond acceptors (Lipinski definition) is 4. The Bertz CT molecular complexity index is 1170. The summed E-state index contributed by atoms with van der Waals surface area (Å²) in [5.41, 5.74) is 3.24. The van der Waals surface area contributed by atoms with Gasteiger partial charge in [0.25, 0.3) is 5.91 Å². The van der Waals surface area contributed by atoms with Crippen LogP contribution in [-0.4, -0.2) is 30.3 Å². The summed E-state index contributed by atoms with van der Waals surface area (Å²) < 4.78 is 5.14. The molecule has 4 rings (SSSR count). The number of nitrogens with zero attached hydrogens (tertiary/aromatic N) is 1. The van der Waals surface area contributed by atoms with Crippen molar-refractivity contribution >= 4 is 23.4 Å². The fourth-order valence-electron chi connectivity index (χ4n) is 4.55. The number of nitrogens with one attached hydrogen (secondary N) is 2.